The van der Waals surface area contributed by atoms with E-state index in [2.05, 4.69) is 44.0 Å². The lowest BCUT2D eigenvalue weighted by molar-refractivity contribution is -0.128. The summed E-state index contributed by atoms with van der Waals surface area (Å²) in [5.41, 5.74) is 3.44. The number of esters is 1. The number of carbonyl (C=O) groups is 1. The predicted molar refractivity (Wildman–Crippen MR) is 101 cm³/mol. The number of hydrogen-bond donors (Lipinski definition) is 0. The molecule has 0 saturated heterocycles. The summed E-state index contributed by atoms with van der Waals surface area (Å²) < 4.78 is 10.5. The highest BCUT2D eigenvalue weighted by molar-refractivity contribution is 5.83. The molecule has 0 radical (unpaired) electrons. The molecule has 2 rings (SSSR count). The molecule has 0 unspecified atom stereocenters. The minimum atomic E-state index is -0.460. The number of benzene rings is 2. The molecule has 0 amide bonds. The topological polar surface area (TPSA) is 35.5 Å². The zero-order valence-electron chi connectivity index (χ0n) is 14.2. The molecule has 0 bridgehead atoms. The van der Waals surface area contributed by atoms with Crippen molar-refractivity contribution in [2.24, 2.45) is 0 Å². The zero-order valence-corrected chi connectivity index (χ0v) is 14.2. The third kappa shape index (κ3) is 5.81. The van der Waals surface area contributed by atoms with Gasteiger partial charge in [-0.3, -0.25) is 0 Å². The van der Waals surface area contributed by atoms with Gasteiger partial charge in [-0.25, -0.2) is 4.79 Å². The molecule has 0 spiro atoms. The molecule has 0 aromatic heterocycles. The van der Waals surface area contributed by atoms with Crippen molar-refractivity contribution in [1.82, 2.24) is 0 Å². The maximum absolute atomic E-state index is 11.2. The zero-order chi connectivity index (χ0) is 18.1. The van der Waals surface area contributed by atoms with Crippen LogP contribution in [0.5, 0.6) is 5.75 Å². The Kier molecular flexibility index (Phi) is 6.78. The lowest BCUT2D eigenvalue weighted by Gasteiger charge is -2.07. The fraction of sp³-hybridized carbons (Fsp3) is 0.136. The first-order valence-electron chi connectivity index (χ1n) is 8.10. The molecule has 0 aliphatic heterocycles. The van der Waals surface area contributed by atoms with Gasteiger partial charge in [0.2, 0.25) is 0 Å². The maximum Gasteiger partial charge on any atom is 0.335 e. The van der Waals surface area contributed by atoms with Crippen LogP contribution in [-0.4, -0.2) is 12.6 Å². The Morgan fingerprint density at radius 3 is 2.08 bits per heavy atom. The van der Waals surface area contributed by atoms with E-state index in [4.69, 9.17) is 9.47 Å². The molecule has 2 aromatic rings. The second-order valence-electron chi connectivity index (χ2n) is 5.47. The summed E-state index contributed by atoms with van der Waals surface area (Å²) in [6.45, 7) is 11.3. The largest absolute Gasteiger partial charge is 0.494 e. The van der Waals surface area contributed by atoms with Crippen molar-refractivity contribution < 1.29 is 14.3 Å². The summed E-state index contributed by atoms with van der Waals surface area (Å²) in [6.07, 6.45) is 4.63. The van der Waals surface area contributed by atoms with Crippen LogP contribution in [0.15, 0.2) is 86.2 Å². The van der Waals surface area contributed by atoms with E-state index in [1.807, 2.05) is 12.1 Å². The van der Waals surface area contributed by atoms with Crippen LogP contribution in [-0.2, 0) is 16.0 Å². The molecule has 0 saturated carbocycles. The lowest BCUT2D eigenvalue weighted by atomic mass is 10.0. The molecule has 3 heteroatoms. The lowest BCUT2D eigenvalue weighted by Crippen LogP contribution is -2.02. The van der Waals surface area contributed by atoms with Gasteiger partial charge >= 0.3 is 5.97 Å². The van der Waals surface area contributed by atoms with E-state index in [1.54, 1.807) is 18.2 Å². The van der Waals surface area contributed by atoms with Crippen LogP contribution in [0.3, 0.4) is 0 Å². The average molecular weight is 334 g/mol. The minimum Gasteiger partial charge on any atom is -0.494 e. The van der Waals surface area contributed by atoms with E-state index in [1.165, 1.54) is 5.56 Å². The first kappa shape index (κ1) is 18.3. The Morgan fingerprint density at radius 2 is 1.52 bits per heavy atom. The maximum atomic E-state index is 11.2. The van der Waals surface area contributed by atoms with Crippen LogP contribution in [0.4, 0.5) is 0 Å². The summed E-state index contributed by atoms with van der Waals surface area (Å²) in [4.78, 5) is 11.2. The summed E-state index contributed by atoms with van der Waals surface area (Å²) in [5.74, 6) is 0.654. The molecule has 0 N–H and O–H groups in total. The van der Waals surface area contributed by atoms with E-state index in [-0.39, 0.29) is 0 Å². The van der Waals surface area contributed by atoms with Crippen molar-refractivity contribution in [2.45, 2.75) is 12.8 Å². The first-order chi connectivity index (χ1) is 12.1. The van der Waals surface area contributed by atoms with E-state index >= 15 is 0 Å². The van der Waals surface area contributed by atoms with E-state index in [9.17, 15) is 4.79 Å². The summed E-state index contributed by atoms with van der Waals surface area (Å²) >= 11 is 0. The van der Waals surface area contributed by atoms with Gasteiger partial charge in [-0.1, -0.05) is 56.1 Å². The highest BCUT2D eigenvalue weighted by Gasteiger charge is 2.02. The van der Waals surface area contributed by atoms with Gasteiger partial charge in [-0.2, -0.15) is 0 Å². The standard InChI is InChI=1S/C22H22O3/c1-4-17(3)24-16-6-7-18-8-10-19(11-9-18)20-12-14-21(15-13-20)25-22(23)5-2/h4-5,8-15H,1-3,6-7,16H2. The van der Waals surface area contributed by atoms with E-state index in [0.29, 0.717) is 18.1 Å². The fourth-order valence-electron chi connectivity index (χ4n) is 2.28. The molecule has 0 aliphatic rings. The van der Waals surface area contributed by atoms with Crippen LogP contribution >= 0.6 is 0 Å². The Morgan fingerprint density at radius 1 is 0.920 bits per heavy atom. The smallest absolute Gasteiger partial charge is 0.335 e. The SMILES string of the molecule is C=CC(=C)OCCCc1ccc(-c2ccc(OC(=O)C=C)cc2)cc1. The molecule has 0 aliphatic carbocycles. The predicted octanol–water partition coefficient (Wildman–Crippen LogP) is 5.09. The molecule has 0 heterocycles. The van der Waals surface area contributed by atoms with Gasteiger partial charge in [0.05, 0.1) is 6.61 Å². The second-order valence-corrected chi connectivity index (χ2v) is 5.47. The third-order valence-electron chi connectivity index (χ3n) is 3.65. The Balaban J connectivity index is 1.90. The molecular weight excluding hydrogens is 312 g/mol. The van der Waals surface area contributed by atoms with Crippen LogP contribution in [0.25, 0.3) is 11.1 Å². The molecule has 2 aromatic carbocycles. The van der Waals surface area contributed by atoms with Crippen LogP contribution in [0.2, 0.25) is 0 Å². The second kappa shape index (κ2) is 9.28. The summed E-state index contributed by atoms with van der Waals surface area (Å²) in [6, 6.07) is 15.8. The van der Waals surface area contributed by atoms with E-state index in [0.717, 1.165) is 30.0 Å². The van der Waals surface area contributed by atoms with Crippen molar-refractivity contribution in [3.63, 3.8) is 0 Å². The molecule has 128 valence electrons. The number of rotatable bonds is 9. The van der Waals surface area contributed by atoms with Gasteiger partial charge in [0.15, 0.2) is 0 Å². The molecule has 0 fully saturated rings. The van der Waals surface area contributed by atoms with Crippen LogP contribution < -0.4 is 4.74 Å². The highest BCUT2D eigenvalue weighted by Crippen LogP contribution is 2.23. The third-order valence-corrected chi connectivity index (χ3v) is 3.65. The van der Waals surface area contributed by atoms with Gasteiger partial charge in [0.1, 0.15) is 11.5 Å². The monoisotopic (exact) mass is 334 g/mol. The Labute approximate surface area is 148 Å². The molecule has 3 nitrogen and oxygen atoms in total. The molecule has 0 atom stereocenters. The summed E-state index contributed by atoms with van der Waals surface area (Å²) in [5, 5.41) is 0. The summed E-state index contributed by atoms with van der Waals surface area (Å²) in [7, 11) is 0. The fourth-order valence-corrected chi connectivity index (χ4v) is 2.28. The number of hydrogen-bond acceptors (Lipinski definition) is 3. The van der Waals surface area contributed by atoms with Gasteiger partial charge in [0.25, 0.3) is 0 Å². The highest BCUT2D eigenvalue weighted by atomic mass is 16.5. The minimum absolute atomic E-state index is 0.460. The average Bonchev–Trinajstić information content (AvgIpc) is 2.66. The number of carbonyl (C=O) groups excluding carboxylic acids is 1. The van der Waals surface area contributed by atoms with Crippen molar-refractivity contribution in [1.29, 1.82) is 0 Å². The van der Waals surface area contributed by atoms with E-state index < -0.39 is 5.97 Å². The number of allylic oxidation sites excluding steroid dienone is 1. The van der Waals surface area contributed by atoms with Gasteiger partial charge in [-0.15, -0.1) is 0 Å². The van der Waals surface area contributed by atoms with Crippen molar-refractivity contribution in [2.75, 3.05) is 6.61 Å². The first-order valence-corrected chi connectivity index (χ1v) is 8.10. The Hall–Kier alpha value is -3.07. The van der Waals surface area contributed by atoms with Crippen LogP contribution in [0, 0.1) is 0 Å². The molecule has 25 heavy (non-hydrogen) atoms. The quantitative estimate of drug-likeness (QED) is 0.160. The number of aryl methyl sites for hydroxylation is 1. The van der Waals surface area contributed by atoms with Crippen molar-refractivity contribution in [3.05, 3.63) is 91.7 Å². The van der Waals surface area contributed by atoms with Gasteiger partial charge in [-0.05, 0) is 47.7 Å². The molecular formula is C22H22O3. The van der Waals surface area contributed by atoms with Crippen molar-refractivity contribution >= 4 is 5.97 Å². The van der Waals surface area contributed by atoms with Crippen molar-refractivity contribution in [3.8, 4) is 16.9 Å². The van der Waals surface area contributed by atoms with Gasteiger partial charge < -0.3 is 9.47 Å². The number of ether oxygens (including phenoxy) is 2. The van der Waals surface area contributed by atoms with Gasteiger partial charge in [0, 0.05) is 6.08 Å². The normalized spacial score (nSPS) is 9.92. The Bertz CT molecular complexity index is 740. The van der Waals surface area contributed by atoms with Crippen LogP contribution in [0.1, 0.15) is 12.0 Å².